The second-order valence-corrected chi connectivity index (χ2v) is 5.46. The molecule has 1 heterocycles. The van der Waals surface area contributed by atoms with Gasteiger partial charge in [-0.15, -0.1) is 0 Å². The number of alkyl halides is 2. The standard InChI is InChI=1S/C19H17F2NO3/c1-3-24-17-11-12(8-9-16(17)25-19(20)21)10-14-13-6-4-5-7-15(13)22(2)18(14)23/h4-11,19H,3H2,1-2H3/b14-10+. The molecule has 1 aliphatic rings. The SMILES string of the molecule is CCOc1cc(/C=C2/C(=O)N(C)c3ccccc32)ccc1OC(F)F. The summed E-state index contributed by atoms with van der Waals surface area (Å²) in [6, 6.07) is 12.1. The van der Waals surface area contributed by atoms with Crippen LogP contribution in [0.1, 0.15) is 18.1 Å². The third-order valence-corrected chi connectivity index (χ3v) is 3.89. The molecule has 6 heteroatoms. The number of amides is 1. The molecule has 130 valence electrons. The van der Waals surface area contributed by atoms with Crippen LogP contribution in [0.15, 0.2) is 42.5 Å². The lowest BCUT2D eigenvalue weighted by Crippen LogP contribution is -2.20. The molecule has 1 amide bonds. The van der Waals surface area contributed by atoms with Crippen molar-refractivity contribution in [3.63, 3.8) is 0 Å². The molecule has 0 aromatic heterocycles. The van der Waals surface area contributed by atoms with Gasteiger partial charge >= 0.3 is 6.61 Å². The number of hydrogen-bond acceptors (Lipinski definition) is 3. The number of benzene rings is 2. The predicted octanol–water partition coefficient (Wildman–Crippen LogP) is 4.20. The Bertz CT molecular complexity index is 833. The van der Waals surface area contributed by atoms with Crippen LogP contribution in [-0.4, -0.2) is 26.2 Å². The lowest BCUT2D eigenvalue weighted by atomic mass is 10.0. The minimum absolute atomic E-state index is 0.0331. The number of rotatable bonds is 5. The monoisotopic (exact) mass is 345 g/mol. The maximum atomic E-state index is 12.5. The second-order valence-electron chi connectivity index (χ2n) is 5.46. The molecule has 0 bridgehead atoms. The quantitative estimate of drug-likeness (QED) is 0.762. The van der Waals surface area contributed by atoms with Crippen molar-refractivity contribution in [1.29, 1.82) is 0 Å². The van der Waals surface area contributed by atoms with Gasteiger partial charge in [0.25, 0.3) is 5.91 Å². The van der Waals surface area contributed by atoms with Crippen LogP contribution >= 0.6 is 0 Å². The van der Waals surface area contributed by atoms with Crippen LogP contribution in [0.3, 0.4) is 0 Å². The van der Waals surface area contributed by atoms with Crippen LogP contribution in [0.4, 0.5) is 14.5 Å². The van der Waals surface area contributed by atoms with Gasteiger partial charge in [0, 0.05) is 18.2 Å². The van der Waals surface area contributed by atoms with Crippen molar-refractivity contribution in [3.05, 3.63) is 53.6 Å². The first-order valence-electron chi connectivity index (χ1n) is 7.82. The van der Waals surface area contributed by atoms with Gasteiger partial charge in [-0.2, -0.15) is 8.78 Å². The van der Waals surface area contributed by atoms with E-state index >= 15 is 0 Å². The molecule has 0 spiro atoms. The number of para-hydroxylation sites is 1. The number of carbonyl (C=O) groups is 1. The maximum Gasteiger partial charge on any atom is 0.387 e. The first kappa shape index (κ1) is 17.0. The highest BCUT2D eigenvalue weighted by Crippen LogP contribution is 2.37. The van der Waals surface area contributed by atoms with Crippen molar-refractivity contribution < 1.29 is 23.0 Å². The molecule has 2 aromatic carbocycles. The predicted molar refractivity (Wildman–Crippen MR) is 92.0 cm³/mol. The van der Waals surface area contributed by atoms with E-state index in [2.05, 4.69) is 4.74 Å². The molecule has 0 fully saturated rings. The number of hydrogen-bond donors (Lipinski definition) is 0. The van der Waals surface area contributed by atoms with E-state index in [9.17, 15) is 13.6 Å². The number of nitrogens with zero attached hydrogens (tertiary/aromatic N) is 1. The summed E-state index contributed by atoms with van der Waals surface area (Å²) in [5.74, 6) is 0.0607. The van der Waals surface area contributed by atoms with Gasteiger partial charge in [0.1, 0.15) is 0 Å². The molecule has 0 aliphatic carbocycles. The summed E-state index contributed by atoms with van der Waals surface area (Å²) >= 11 is 0. The van der Waals surface area contributed by atoms with Crippen LogP contribution in [-0.2, 0) is 4.79 Å². The lowest BCUT2D eigenvalue weighted by Gasteiger charge is -2.12. The van der Waals surface area contributed by atoms with E-state index in [1.165, 1.54) is 6.07 Å². The van der Waals surface area contributed by atoms with Gasteiger partial charge in [0.2, 0.25) is 0 Å². The van der Waals surface area contributed by atoms with Crippen LogP contribution in [0.5, 0.6) is 11.5 Å². The van der Waals surface area contributed by atoms with E-state index in [1.54, 1.807) is 37.1 Å². The Labute approximate surface area is 144 Å². The molecule has 0 saturated carbocycles. The summed E-state index contributed by atoms with van der Waals surface area (Å²) in [4.78, 5) is 14.1. The zero-order chi connectivity index (χ0) is 18.0. The largest absolute Gasteiger partial charge is 0.490 e. The van der Waals surface area contributed by atoms with Gasteiger partial charge in [0.15, 0.2) is 11.5 Å². The minimum Gasteiger partial charge on any atom is -0.490 e. The fraction of sp³-hybridized carbons (Fsp3) is 0.211. The minimum atomic E-state index is -2.93. The van der Waals surface area contributed by atoms with Gasteiger partial charge in [-0.3, -0.25) is 4.79 Å². The molecule has 0 N–H and O–H groups in total. The topological polar surface area (TPSA) is 38.8 Å². The molecule has 3 rings (SSSR count). The molecule has 4 nitrogen and oxygen atoms in total. The Balaban J connectivity index is 2.01. The summed E-state index contributed by atoms with van der Waals surface area (Å²) in [5, 5.41) is 0. The van der Waals surface area contributed by atoms with E-state index in [0.717, 1.165) is 11.3 Å². The Hall–Kier alpha value is -2.89. The average molecular weight is 345 g/mol. The Morgan fingerprint density at radius 1 is 1.16 bits per heavy atom. The molecule has 0 radical (unpaired) electrons. The van der Waals surface area contributed by atoms with E-state index in [0.29, 0.717) is 17.7 Å². The molecule has 25 heavy (non-hydrogen) atoms. The number of carbonyl (C=O) groups excluding carboxylic acids is 1. The van der Waals surface area contributed by atoms with Crippen LogP contribution < -0.4 is 14.4 Å². The normalized spacial score (nSPS) is 15.0. The third-order valence-electron chi connectivity index (χ3n) is 3.89. The first-order chi connectivity index (χ1) is 12.0. The summed E-state index contributed by atoms with van der Waals surface area (Å²) in [6.07, 6.45) is 1.72. The molecule has 1 aliphatic heterocycles. The molecule has 0 saturated heterocycles. The highest BCUT2D eigenvalue weighted by atomic mass is 19.3. The van der Waals surface area contributed by atoms with Gasteiger partial charge in [-0.1, -0.05) is 24.3 Å². The van der Waals surface area contributed by atoms with E-state index in [1.807, 2.05) is 24.3 Å². The van der Waals surface area contributed by atoms with Crippen molar-refractivity contribution in [2.24, 2.45) is 0 Å². The molecule has 0 atom stereocenters. The number of likely N-dealkylation sites (N-methyl/N-ethyl adjacent to an activating group) is 1. The first-order valence-corrected chi connectivity index (χ1v) is 7.82. The van der Waals surface area contributed by atoms with Crippen molar-refractivity contribution in [2.45, 2.75) is 13.5 Å². The maximum absolute atomic E-state index is 12.5. The zero-order valence-corrected chi connectivity index (χ0v) is 13.8. The van der Waals surface area contributed by atoms with Gasteiger partial charge < -0.3 is 14.4 Å². The van der Waals surface area contributed by atoms with Gasteiger partial charge in [-0.05, 0) is 36.8 Å². The van der Waals surface area contributed by atoms with Crippen LogP contribution in [0.25, 0.3) is 11.6 Å². The summed E-state index contributed by atoms with van der Waals surface area (Å²) in [5.41, 5.74) is 2.88. The van der Waals surface area contributed by atoms with E-state index in [4.69, 9.17) is 4.74 Å². The van der Waals surface area contributed by atoms with E-state index < -0.39 is 6.61 Å². The van der Waals surface area contributed by atoms with Gasteiger partial charge in [0.05, 0.1) is 12.3 Å². The summed E-state index contributed by atoms with van der Waals surface area (Å²) < 4.78 is 34.8. The Morgan fingerprint density at radius 2 is 1.92 bits per heavy atom. The molecule has 0 unspecified atom stereocenters. The Kier molecular flexibility index (Phi) is 4.70. The van der Waals surface area contributed by atoms with Crippen LogP contribution in [0.2, 0.25) is 0 Å². The van der Waals surface area contributed by atoms with Crippen molar-refractivity contribution >= 4 is 23.2 Å². The smallest absolute Gasteiger partial charge is 0.387 e. The molecular formula is C19H17F2NO3. The highest BCUT2D eigenvalue weighted by Gasteiger charge is 2.29. The fourth-order valence-corrected chi connectivity index (χ4v) is 2.78. The van der Waals surface area contributed by atoms with Gasteiger partial charge in [-0.25, -0.2) is 0 Å². The van der Waals surface area contributed by atoms with Crippen LogP contribution in [0, 0.1) is 0 Å². The molecular weight excluding hydrogens is 328 g/mol. The van der Waals surface area contributed by atoms with Crippen molar-refractivity contribution in [1.82, 2.24) is 0 Å². The highest BCUT2D eigenvalue weighted by molar-refractivity contribution is 6.35. The summed E-state index contributed by atoms with van der Waals surface area (Å²) in [6.45, 7) is -0.868. The fourth-order valence-electron chi connectivity index (χ4n) is 2.78. The third kappa shape index (κ3) is 3.33. The van der Waals surface area contributed by atoms with Crippen molar-refractivity contribution in [2.75, 3.05) is 18.6 Å². The number of anilines is 1. The van der Waals surface area contributed by atoms with E-state index in [-0.39, 0.29) is 17.4 Å². The molecule has 2 aromatic rings. The number of halogens is 2. The Morgan fingerprint density at radius 3 is 2.64 bits per heavy atom. The zero-order valence-electron chi connectivity index (χ0n) is 13.8. The van der Waals surface area contributed by atoms with Crippen molar-refractivity contribution in [3.8, 4) is 11.5 Å². The number of fused-ring (bicyclic) bond motifs is 1. The number of ether oxygens (including phenoxy) is 2. The summed E-state index contributed by atoms with van der Waals surface area (Å²) in [7, 11) is 1.72. The second kappa shape index (κ2) is 6.93. The lowest BCUT2D eigenvalue weighted by molar-refractivity contribution is -0.112. The average Bonchev–Trinajstić information content (AvgIpc) is 2.82.